The van der Waals surface area contributed by atoms with Crippen LogP contribution in [0.25, 0.3) is 0 Å². The molecule has 0 saturated heterocycles. The molecule has 0 bridgehead atoms. The van der Waals surface area contributed by atoms with E-state index in [0.717, 1.165) is 0 Å². The summed E-state index contributed by atoms with van der Waals surface area (Å²) in [5, 5.41) is 11.7. The van der Waals surface area contributed by atoms with Gasteiger partial charge in [-0.15, -0.1) is 0 Å². The SMILES string of the molecule is COCO[C@@H]1C[C@@H](C(=O)O)C[C@H]1NC(=O)OC(C)(C)C. The quantitative estimate of drug-likeness (QED) is 0.742. The lowest BCUT2D eigenvalue weighted by atomic mass is 10.1. The first-order chi connectivity index (χ1) is 9.23. The van der Waals surface area contributed by atoms with E-state index in [1.54, 1.807) is 20.8 Å². The maximum Gasteiger partial charge on any atom is 0.407 e. The fourth-order valence-corrected chi connectivity index (χ4v) is 2.15. The molecule has 1 amide bonds. The van der Waals surface area contributed by atoms with Crippen LogP contribution in [0.4, 0.5) is 4.79 Å². The molecule has 1 aliphatic carbocycles. The minimum atomic E-state index is -0.885. The van der Waals surface area contributed by atoms with Crippen molar-refractivity contribution in [1.29, 1.82) is 0 Å². The van der Waals surface area contributed by atoms with Gasteiger partial charge in [-0.05, 0) is 33.6 Å². The summed E-state index contributed by atoms with van der Waals surface area (Å²) in [6.45, 7) is 5.35. The molecule has 1 rings (SSSR count). The molecule has 0 aromatic heterocycles. The Morgan fingerprint density at radius 3 is 2.45 bits per heavy atom. The van der Waals surface area contributed by atoms with Gasteiger partial charge in [0.1, 0.15) is 12.4 Å². The van der Waals surface area contributed by atoms with E-state index < -0.39 is 23.6 Å². The first kappa shape index (κ1) is 16.7. The lowest BCUT2D eigenvalue weighted by molar-refractivity contribution is -0.142. The summed E-state index contributed by atoms with van der Waals surface area (Å²) in [6, 6.07) is -0.388. The standard InChI is InChI=1S/C13H23NO6/c1-13(2,3)20-12(17)14-9-5-8(11(15)16)6-10(9)19-7-18-4/h8-10H,5-7H2,1-4H3,(H,14,17)(H,15,16)/t8-,9+,10+/m0/s1. The number of carbonyl (C=O) groups excluding carboxylic acids is 1. The van der Waals surface area contributed by atoms with Gasteiger partial charge in [0.2, 0.25) is 0 Å². The number of alkyl carbamates (subject to hydrolysis) is 1. The zero-order valence-corrected chi connectivity index (χ0v) is 12.3. The van der Waals surface area contributed by atoms with Gasteiger partial charge in [-0.25, -0.2) is 4.79 Å². The molecule has 0 aliphatic heterocycles. The van der Waals surface area contributed by atoms with Crippen LogP contribution < -0.4 is 5.32 Å². The number of methoxy groups -OCH3 is 1. The molecule has 3 atom stereocenters. The monoisotopic (exact) mass is 289 g/mol. The fraction of sp³-hybridized carbons (Fsp3) is 0.846. The molecule has 7 heteroatoms. The van der Waals surface area contributed by atoms with E-state index in [2.05, 4.69) is 5.32 Å². The van der Waals surface area contributed by atoms with E-state index in [9.17, 15) is 9.59 Å². The predicted octanol–water partition coefficient (Wildman–Crippen LogP) is 1.36. The average Bonchev–Trinajstić information content (AvgIpc) is 2.67. The van der Waals surface area contributed by atoms with Crippen molar-refractivity contribution in [2.24, 2.45) is 5.92 Å². The zero-order valence-electron chi connectivity index (χ0n) is 12.3. The number of amides is 1. The summed E-state index contributed by atoms with van der Waals surface area (Å²) in [6.07, 6.45) is -0.287. The van der Waals surface area contributed by atoms with E-state index >= 15 is 0 Å². The molecule has 0 unspecified atom stereocenters. The Labute approximate surface area is 118 Å². The van der Waals surface area contributed by atoms with Gasteiger partial charge in [-0.1, -0.05) is 0 Å². The second kappa shape index (κ2) is 6.90. The van der Waals surface area contributed by atoms with E-state index in [1.165, 1.54) is 7.11 Å². The van der Waals surface area contributed by atoms with E-state index in [-0.39, 0.29) is 18.9 Å². The Morgan fingerprint density at radius 2 is 1.95 bits per heavy atom. The number of rotatable bonds is 5. The Hall–Kier alpha value is -1.34. The van der Waals surface area contributed by atoms with Crippen molar-refractivity contribution in [2.45, 2.75) is 51.4 Å². The summed E-state index contributed by atoms with van der Waals surface area (Å²) in [5.41, 5.74) is -0.599. The molecule has 0 radical (unpaired) electrons. The number of carbonyl (C=O) groups is 2. The second-order valence-electron chi connectivity index (χ2n) is 5.87. The molecule has 1 aliphatic rings. The topological polar surface area (TPSA) is 94.1 Å². The zero-order chi connectivity index (χ0) is 15.3. The lowest BCUT2D eigenvalue weighted by Crippen LogP contribution is -2.43. The van der Waals surface area contributed by atoms with Crippen LogP contribution in [0.3, 0.4) is 0 Å². The highest BCUT2D eigenvalue weighted by molar-refractivity contribution is 5.72. The molecule has 20 heavy (non-hydrogen) atoms. The predicted molar refractivity (Wildman–Crippen MR) is 70.3 cm³/mol. The first-order valence-electron chi connectivity index (χ1n) is 6.56. The Bertz CT molecular complexity index is 351. The van der Waals surface area contributed by atoms with Gasteiger partial charge in [0.05, 0.1) is 18.1 Å². The highest BCUT2D eigenvalue weighted by Crippen LogP contribution is 2.29. The van der Waals surface area contributed by atoms with Crippen molar-refractivity contribution in [3.8, 4) is 0 Å². The van der Waals surface area contributed by atoms with Crippen LogP contribution in [0.5, 0.6) is 0 Å². The summed E-state index contributed by atoms with van der Waals surface area (Å²) in [5.74, 6) is -1.42. The summed E-state index contributed by atoms with van der Waals surface area (Å²) in [4.78, 5) is 22.8. The van der Waals surface area contributed by atoms with Crippen molar-refractivity contribution in [3.63, 3.8) is 0 Å². The molecule has 0 aromatic rings. The maximum absolute atomic E-state index is 11.7. The van der Waals surface area contributed by atoms with Crippen LogP contribution in [0.15, 0.2) is 0 Å². The molecule has 1 saturated carbocycles. The highest BCUT2D eigenvalue weighted by Gasteiger charge is 2.40. The Balaban J connectivity index is 2.59. The number of ether oxygens (including phenoxy) is 3. The second-order valence-corrected chi connectivity index (χ2v) is 5.87. The van der Waals surface area contributed by atoms with Crippen LogP contribution in [0, 0.1) is 5.92 Å². The lowest BCUT2D eigenvalue weighted by Gasteiger charge is -2.24. The largest absolute Gasteiger partial charge is 0.481 e. The summed E-state index contributed by atoms with van der Waals surface area (Å²) in [7, 11) is 1.49. The molecule has 0 aromatic carbocycles. The van der Waals surface area contributed by atoms with Gasteiger partial charge in [-0.2, -0.15) is 0 Å². The number of carboxylic acid groups (broad SMARTS) is 1. The third-order valence-corrected chi connectivity index (χ3v) is 2.96. The smallest absolute Gasteiger partial charge is 0.407 e. The van der Waals surface area contributed by atoms with Crippen LogP contribution in [-0.4, -0.2) is 48.8 Å². The van der Waals surface area contributed by atoms with Crippen molar-refractivity contribution in [2.75, 3.05) is 13.9 Å². The summed E-state index contributed by atoms with van der Waals surface area (Å²) >= 11 is 0. The maximum atomic E-state index is 11.7. The van der Waals surface area contributed by atoms with Crippen molar-refractivity contribution in [1.82, 2.24) is 5.32 Å². The molecule has 116 valence electrons. The van der Waals surface area contributed by atoms with Gasteiger partial charge in [0.15, 0.2) is 0 Å². The molecule has 0 heterocycles. The van der Waals surface area contributed by atoms with Gasteiger partial charge in [-0.3, -0.25) is 4.79 Å². The van der Waals surface area contributed by atoms with Gasteiger partial charge in [0, 0.05) is 7.11 Å². The highest BCUT2D eigenvalue weighted by atomic mass is 16.7. The first-order valence-corrected chi connectivity index (χ1v) is 6.56. The number of hydrogen-bond acceptors (Lipinski definition) is 5. The van der Waals surface area contributed by atoms with Crippen LogP contribution in [0.1, 0.15) is 33.6 Å². The van der Waals surface area contributed by atoms with E-state index in [0.29, 0.717) is 12.8 Å². The number of hydrogen-bond donors (Lipinski definition) is 2. The van der Waals surface area contributed by atoms with E-state index in [4.69, 9.17) is 19.3 Å². The van der Waals surface area contributed by atoms with Crippen molar-refractivity contribution >= 4 is 12.1 Å². The van der Waals surface area contributed by atoms with Crippen LogP contribution >= 0.6 is 0 Å². The normalized spacial score (nSPS) is 26.3. The molecule has 1 fully saturated rings. The Morgan fingerprint density at radius 1 is 1.30 bits per heavy atom. The third kappa shape index (κ3) is 5.34. The minimum Gasteiger partial charge on any atom is -0.481 e. The van der Waals surface area contributed by atoms with Crippen molar-refractivity contribution in [3.05, 3.63) is 0 Å². The fourth-order valence-electron chi connectivity index (χ4n) is 2.15. The third-order valence-electron chi connectivity index (χ3n) is 2.96. The average molecular weight is 289 g/mol. The minimum absolute atomic E-state index is 0.0590. The number of carboxylic acids is 1. The van der Waals surface area contributed by atoms with Crippen LogP contribution in [-0.2, 0) is 19.0 Å². The Kier molecular flexibility index (Phi) is 5.76. The summed E-state index contributed by atoms with van der Waals surface area (Å²) < 4.78 is 15.4. The van der Waals surface area contributed by atoms with Crippen molar-refractivity contribution < 1.29 is 28.9 Å². The van der Waals surface area contributed by atoms with E-state index in [1.807, 2.05) is 0 Å². The van der Waals surface area contributed by atoms with Gasteiger partial charge < -0.3 is 24.6 Å². The molecule has 0 spiro atoms. The molecule has 7 nitrogen and oxygen atoms in total. The van der Waals surface area contributed by atoms with Gasteiger partial charge in [0.25, 0.3) is 0 Å². The van der Waals surface area contributed by atoms with Gasteiger partial charge >= 0.3 is 12.1 Å². The molecular formula is C13H23NO6. The molecule has 2 N–H and O–H groups in total. The van der Waals surface area contributed by atoms with Crippen LogP contribution in [0.2, 0.25) is 0 Å². The number of aliphatic carboxylic acids is 1. The molecular weight excluding hydrogens is 266 g/mol. The number of nitrogens with one attached hydrogen (secondary N) is 1.